The third-order valence-electron chi connectivity index (χ3n) is 2.74. The maximum Gasteiger partial charge on any atom is 0.176 e. The van der Waals surface area contributed by atoms with E-state index in [-0.39, 0.29) is 11.6 Å². The van der Waals surface area contributed by atoms with Gasteiger partial charge in [0.05, 0.1) is 11.4 Å². The van der Waals surface area contributed by atoms with Crippen molar-refractivity contribution < 1.29 is 9.18 Å². The summed E-state index contributed by atoms with van der Waals surface area (Å²) >= 11 is 1.47. The highest BCUT2D eigenvalue weighted by atomic mass is 32.2. The second kappa shape index (κ2) is 5.93. The Bertz CT molecular complexity index is 578. The summed E-state index contributed by atoms with van der Waals surface area (Å²) in [5, 5.41) is 0. The molecule has 1 aromatic heterocycles. The Morgan fingerprint density at radius 2 is 2.05 bits per heavy atom. The second-order valence-electron chi connectivity index (χ2n) is 4.23. The van der Waals surface area contributed by atoms with Gasteiger partial charge in [-0.05, 0) is 23.8 Å². The van der Waals surface area contributed by atoms with E-state index in [2.05, 4.69) is 4.72 Å². The zero-order valence-electron chi connectivity index (χ0n) is 10.8. The van der Waals surface area contributed by atoms with Gasteiger partial charge in [-0.1, -0.05) is 24.1 Å². The molecule has 1 heterocycles. The Kier molecular flexibility index (Phi) is 4.27. The molecule has 0 spiro atoms. The summed E-state index contributed by atoms with van der Waals surface area (Å²) in [5.74, 6) is -0.246. The number of hydrogen-bond donors (Lipinski definition) is 1. The first-order valence-electron chi connectivity index (χ1n) is 5.84. The lowest BCUT2D eigenvalue weighted by Crippen LogP contribution is -2.06. The molecule has 2 aromatic rings. The average Bonchev–Trinajstić information content (AvgIpc) is 2.76. The molecule has 2 rings (SSSR count). The van der Waals surface area contributed by atoms with E-state index in [9.17, 15) is 9.18 Å². The van der Waals surface area contributed by atoms with Crippen LogP contribution in [0.3, 0.4) is 0 Å². The molecule has 1 N–H and O–H groups in total. The maximum absolute atomic E-state index is 12.9. The minimum absolute atomic E-state index is 0.0104. The molecule has 0 aliphatic rings. The molecule has 0 bridgehead atoms. The zero-order chi connectivity index (χ0) is 13.8. The Labute approximate surface area is 116 Å². The Morgan fingerprint density at radius 3 is 2.63 bits per heavy atom. The van der Waals surface area contributed by atoms with Crippen LogP contribution < -0.4 is 4.72 Å². The number of halogens is 1. The number of ketones is 1. The van der Waals surface area contributed by atoms with Crippen LogP contribution in [0.15, 0.2) is 36.5 Å². The number of anilines is 1. The molecule has 19 heavy (non-hydrogen) atoms. The van der Waals surface area contributed by atoms with Gasteiger partial charge < -0.3 is 9.29 Å². The minimum Gasteiger partial charge on any atom is -0.339 e. The second-order valence-corrected chi connectivity index (χ2v) is 4.84. The SMILES string of the molecule is CSNc1cc(C(C)=O)n(Cc2ccc(F)cc2)c1. The van der Waals surface area contributed by atoms with Gasteiger partial charge in [-0.3, -0.25) is 4.79 Å². The Hall–Kier alpha value is -1.75. The summed E-state index contributed by atoms with van der Waals surface area (Å²) in [6.07, 6.45) is 3.81. The van der Waals surface area contributed by atoms with Crippen molar-refractivity contribution in [3.05, 3.63) is 53.6 Å². The lowest BCUT2D eigenvalue weighted by molar-refractivity contribution is 0.100. The summed E-state index contributed by atoms with van der Waals surface area (Å²) in [4.78, 5) is 11.6. The van der Waals surface area contributed by atoms with E-state index in [1.807, 2.05) is 23.1 Å². The third-order valence-corrected chi connectivity index (χ3v) is 3.18. The van der Waals surface area contributed by atoms with E-state index in [4.69, 9.17) is 0 Å². The van der Waals surface area contributed by atoms with E-state index in [0.29, 0.717) is 12.2 Å². The molecule has 0 aliphatic heterocycles. The molecule has 0 aliphatic carbocycles. The number of nitrogens with one attached hydrogen (secondary N) is 1. The summed E-state index contributed by atoms with van der Waals surface area (Å²) < 4.78 is 17.8. The van der Waals surface area contributed by atoms with Gasteiger partial charge in [0.1, 0.15) is 5.82 Å². The molecule has 3 nitrogen and oxygen atoms in total. The first-order chi connectivity index (χ1) is 9.10. The van der Waals surface area contributed by atoms with Gasteiger partial charge in [0.25, 0.3) is 0 Å². The van der Waals surface area contributed by atoms with Gasteiger partial charge in [-0.25, -0.2) is 4.39 Å². The molecule has 0 fully saturated rings. The third kappa shape index (κ3) is 3.38. The monoisotopic (exact) mass is 278 g/mol. The number of Topliss-reactive ketones (excluding diaryl/α,β-unsaturated/α-hetero) is 1. The van der Waals surface area contributed by atoms with Gasteiger partial charge in [0.15, 0.2) is 5.78 Å². The van der Waals surface area contributed by atoms with Crippen LogP contribution in [0.4, 0.5) is 10.1 Å². The van der Waals surface area contributed by atoms with Gasteiger partial charge in [0, 0.05) is 25.9 Å². The van der Waals surface area contributed by atoms with Crippen molar-refractivity contribution in [2.75, 3.05) is 11.0 Å². The molecule has 0 unspecified atom stereocenters. The number of aromatic nitrogens is 1. The molecule has 1 aromatic carbocycles. The highest BCUT2D eigenvalue weighted by molar-refractivity contribution is 7.99. The van der Waals surface area contributed by atoms with Crippen LogP contribution in [0.5, 0.6) is 0 Å². The lowest BCUT2D eigenvalue weighted by Gasteiger charge is -2.06. The predicted octanol–water partition coefficient (Wildman–Crippen LogP) is 3.57. The van der Waals surface area contributed by atoms with Gasteiger partial charge in [-0.2, -0.15) is 0 Å². The molecular weight excluding hydrogens is 263 g/mol. The van der Waals surface area contributed by atoms with Crippen LogP contribution in [0.1, 0.15) is 23.0 Å². The Morgan fingerprint density at radius 1 is 1.37 bits per heavy atom. The molecule has 5 heteroatoms. The first kappa shape index (κ1) is 13.7. The fourth-order valence-corrected chi connectivity index (χ4v) is 2.25. The van der Waals surface area contributed by atoms with E-state index in [1.165, 1.54) is 24.1 Å². The van der Waals surface area contributed by atoms with E-state index in [0.717, 1.165) is 11.3 Å². The highest BCUT2D eigenvalue weighted by Gasteiger charge is 2.10. The molecule has 0 saturated heterocycles. The van der Waals surface area contributed by atoms with Crippen molar-refractivity contribution in [1.82, 2.24) is 4.57 Å². The van der Waals surface area contributed by atoms with E-state index >= 15 is 0 Å². The minimum atomic E-state index is -0.257. The molecule has 0 amide bonds. The van der Waals surface area contributed by atoms with E-state index in [1.54, 1.807) is 19.1 Å². The van der Waals surface area contributed by atoms with Crippen molar-refractivity contribution in [2.24, 2.45) is 0 Å². The number of rotatable bonds is 5. The fourth-order valence-electron chi connectivity index (χ4n) is 1.90. The fraction of sp³-hybridized carbons (Fsp3) is 0.214. The van der Waals surface area contributed by atoms with Crippen LogP contribution in [0.25, 0.3) is 0 Å². The number of nitrogens with zero attached hydrogens (tertiary/aromatic N) is 1. The summed E-state index contributed by atoms with van der Waals surface area (Å²) in [6, 6.07) is 8.12. The van der Waals surface area contributed by atoms with Crippen LogP contribution in [-0.4, -0.2) is 16.6 Å². The van der Waals surface area contributed by atoms with Crippen molar-refractivity contribution in [3.63, 3.8) is 0 Å². The molecule has 0 saturated carbocycles. The summed E-state index contributed by atoms with van der Waals surface area (Å²) in [7, 11) is 0. The van der Waals surface area contributed by atoms with Gasteiger partial charge in [-0.15, -0.1) is 0 Å². The van der Waals surface area contributed by atoms with Crippen molar-refractivity contribution in [1.29, 1.82) is 0 Å². The number of carbonyl (C=O) groups excluding carboxylic acids is 1. The highest BCUT2D eigenvalue weighted by Crippen LogP contribution is 2.19. The smallest absolute Gasteiger partial charge is 0.176 e. The molecule has 0 atom stereocenters. The quantitative estimate of drug-likeness (QED) is 0.670. The Balaban J connectivity index is 2.27. The van der Waals surface area contributed by atoms with Crippen molar-refractivity contribution >= 4 is 23.4 Å². The topological polar surface area (TPSA) is 34.0 Å². The predicted molar refractivity (Wildman–Crippen MR) is 77.1 cm³/mol. The van der Waals surface area contributed by atoms with Gasteiger partial charge >= 0.3 is 0 Å². The number of carbonyl (C=O) groups is 1. The lowest BCUT2D eigenvalue weighted by atomic mass is 10.2. The first-order valence-corrected chi connectivity index (χ1v) is 7.07. The van der Waals surface area contributed by atoms with Crippen molar-refractivity contribution in [3.8, 4) is 0 Å². The summed E-state index contributed by atoms with van der Waals surface area (Å²) in [6.45, 7) is 2.09. The average molecular weight is 278 g/mol. The van der Waals surface area contributed by atoms with Gasteiger partial charge in [0.2, 0.25) is 0 Å². The molecule has 100 valence electrons. The summed E-state index contributed by atoms with van der Waals surface area (Å²) in [5.41, 5.74) is 2.48. The number of hydrogen-bond acceptors (Lipinski definition) is 3. The molecule has 0 radical (unpaired) electrons. The van der Waals surface area contributed by atoms with Crippen LogP contribution in [-0.2, 0) is 6.54 Å². The zero-order valence-corrected chi connectivity index (χ0v) is 11.6. The molecular formula is C14H15FN2OS. The normalized spacial score (nSPS) is 10.5. The standard InChI is InChI=1S/C14H15FN2OS/c1-10(18)14-7-13(16-19-2)9-17(14)8-11-3-5-12(15)6-4-11/h3-7,9,16H,8H2,1-2H3. The van der Waals surface area contributed by atoms with Crippen LogP contribution >= 0.6 is 11.9 Å². The number of benzene rings is 1. The van der Waals surface area contributed by atoms with E-state index < -0.39 is 0 Å². The maximum atomic E-state index is 12.9. The van der Waals surface area contributed by atoms with Crippen LogP contribution in [0, 0.1) is 5.82 Å². The van der Waals surface area contributed by atoms with Crippen molar-refractivity contribution in [2.45, 2.75) is 13.5 Å². The largest absolute Gasteiger partial charge is 0.339 e. The van der Waals surface area contributed by atoms with Crippen LogP contribution in [0.2, 0.25) is 0 Å².